The summed E-state index contributed by atoms with van der Waals surface area (Å²) in [6.07, 6.45) is 4.08. The fourth-order valence-electron chi connectivity index (χ4n) is 1.75. The van der Waals surface area contributed by atoms with Crippen LogP contribution in [0.2, 0.25) is 0 Å². The van der Waals surface area contributed by atoms with Crippen LogP contribution in [0, 0.1) is 0 Å². The molecular weight excluding hydrogens is 258 g/mol. The molecule has 2 N–H and O–H groups in total. The van der Waals surface area contributed by atoms with Crippen molar-refractivity contribution in [2.45, 2.75) is 32.5 Å². The van der Waals surface area contributed by atoms with Gasteiger partial charge in [-0.15, -0.1) is 5.10 Å². The van der Waals surface area contributed by atoms with E-state index in [1.165, 1.54) is 4.68 Å². The SMILES string of the molecule is CCC(N)c1cn(CC(=O)N(C)Cc2ccco2)nn1. The van der Waals surface area contributed by atoms with Crippen molar-refractivity contribution >= 4 is 5.91 Å². The lowest BCUT2D eigenvalue weighted by atomic mass is 10.2. The van der Waals surface area contributed by atoms with E-state index in [1.54, 1.807) is 30.5 Å². The van der Waals surface area contributed by atoms with E-state index in [4.69, 9.17) is 10.2 Å². The van der Waals surface area contributed by atoms with Crippen LogP contribution < -0.4 is 5.73 Å². The number of amides is 1. The van der Waals surface area contributed by atoms with Crippen molar-refractivity contribution < 1.29 is 9.21 Å². The highest BCUT2D eigenvalue weighted by Crippen LogP contribution is 2.09. The Labute approximate surface area is 117 Å². The van der Waals surface area contributed by atoms with E-state index in [-0.39, 0.29) is 18.5 Å². The monoisotopic (exact) mass is 277 g/mol. The fraction of sp³-hybridized carbons (Fsp3) is 0.462. The van der Waals surface area contributed by atoms with E-state index in [9.17, 15) is 4.79 Å². The first-order valence-electron chi connectivity index (χ1n) is 6.52. The molecule has 2 aromatic heterocycles. The lowest BCUT2D eigenvalue weighted by molar-refractivity contribution is -0.131. The summed E-state index contributed by atoms with van der Waals surface area (Å²) >= 11 is 0. The minimum atomic E-state index is -0.139. The summed E-state index contributed by atoms with van der Waals surface area (Å²) in [6.45, 7) is 2.55. The van der Waals surface area contributed by atoms with Crippen molar-refractivity contribution in [1.82, 2.24) is 19.9 Å². The van der Waals surface area contributed by atoms with Crippen molar-refractivity contribution in [1.29, 1.82) is 0 Å². The van der Waals surface area contributed by atoms with Crippen LogP contribution in [0.4, 0.5) is 0 Å². The van der Waals surface area contributed by atoms with Crippen LogP contribution in [0.1, 0.15) is 30.8 Å². The van der Waals surface area contributed by atoms with Gasteiger partial charge in [0, 0.05) is 7.05 Å². The van der Waals surface area contributed by atoms with Crippen LogP contribution in [0.3, 0.4) is 0 Å². The number of likely N-dealkylation sites (N-methyl/N-ethyl adjacent to an activating group) is 1. The first-order valence-corrected chi connectivity index (χ1v) is 6.52. The zero-order chi connectivity index (χ0) is 14.5. The van der Waals surface area contributed by atoms with Gasteiger partial charge in [-0.2, -0.15) is 0 Å². The Hall–Kier alpha value is -2.15. The van der Waals surface area contributed by atoms with E-state index in [2.05, 4.69) is 10.3 Å². The minimum absolute atomic E-state index is 0.0667. The second-order valence-electron chi connectivity index (χ2n) is 4.68. The molecule has 0 aromatic carbocycles. The lowest BCUT2D eigenvalue weighted by Crippen LogP contribution is -2.29. The number of aromatic nitrogens is 3. The molecule has 1 unspecified atom stereocenters. The zero-order valence-corrected chi connectivity index (χ0v) is 11.7. The van der Waals surface area contributed by atoms with Crippen LogP contribution in [-0.4, -0.2) is 32.8 Å². The van der Waals surface area contributed by atoms with E-state index >= 15 is 0 Å². The van der Waals surface area contributed by atoms with Crippen LogP contribution in [0.25, 0.3) is 0 Å². The molecule has 0 saturated carbocycles. The summed E-state index contributed by atoms with van der Waals surface area (Å²) in [4.78, 5) is 13.6. The number of furan rings is 1. The Morgan fingerprint density at radius 3 is 3.05 bits per heavy atom. The smallest absolute Gasteiger partial charge is 0.244 e. The lowest BCUT2D eigenvalue weighted by Gasteiger charge is -2.15. The molecule has 1 amide bonds. The van der Waals surface area contributed by atoms with Gasteiger partial charge in [-0.25, -0.2) is 4.68 Å². The predicted molar refractivity (Wildman–Crippen MR) is 72.4 cm³/mol. The maximum absolute atomic E-state index is 12.1. The van der Waals surface area contributed by atoms with Gasteiger partial charge in [0.15, 0.2) is 0 Å². The largest absolute Gasteiger partial charge is 0.467 e. The Morgan fingerprint density at radius 1 is 1.60 bits per heavy atom. The van der Waals surface area contributed by atoms with Gasteiger partial charge >= 0.3 is 0 Å². The third-order valence-corrected chi connectivity index (χ3v) is 3.07. The zero-order valence-electron chi connectivity index (χ0n) is 11.7. The van der Waals surface area contributed by atoms with Gasteiger partial charge in [-0.3, -0.25) is 4.79 Å². The predicted octanol–water partition coefficient (Wildman–Crippen LogP) is 0.939. The number of carbonyl (C=O) groups is 1. The van der Waals surface area contributed by atoms with Crippen LogP contribution in [0.15, 0.2) is 29.0 Å². The highest BCUT2D eigenvalue weighted by molar-refractivity contribution is 5.75. The molecular formula is C13H19N5O2. The number of hydrogen-bond donors (Lipinski definition) is 1. The summed E-state index contributed by atoms with van der Waals surface area (Å²) < 4.78 is 6.72. The molecule has 2 heterocycles. The summed E-state index contributed by atoms with van der Waals surface area (Å²) in [5, 5.41) is 7.89. The summed E-state index contributed by atoms with van der Waals surface area (Å²) in [5.41, 5.74) is 6.57. The number of carbonyl (C=O) groups excluding carboxylic acids is 1. The number of nitrogens with zero attached hydrogens (tertiary/aromatic N) is 4. The molecule has 7 nitrogen and oxygen atoms in total. The molecule has 7 heteroatoms. The molecule has 0 fully saturated rings. The van der Waals surface area contributed by atoms with E-state index in [0.717, 1.165) is 12.2 Å². The molecule has 2 rings (SSSR count). The maximum atomic E-state index is 12.1. The molecule has 0 spiro atoms. The Morgan fingerprint density at radius 2 is 2.40 bits per heavy atom. The van der Waals surface area contributed by atoms with Gasteiger partial charge in [0.2, 0.25) is 5.91 Å². The fourth-order valence-corrected chi connectivity index (χ4v) is 1.75. The minimum Gasteiger partial charge on any atom is -0.467 e. The van der Waals surface area contributed by atoms with Crippen molar-refractivity contribution in [2.75, 3.05) is 7.05 Å². The first-order chi connectivity index (χ1) is 9.60. The van der Waals surface area contributed by atoms with Gasteiger partial charge < -0.3 is 15.1 Å². The molecule has 2 aromatic rings. The van der Waals surface area contributed by atoms with Crippen LogP contribution in [-0.2, 0) is 17.9 Å². The second-order valence-corrected chi connectivity index (χ2v) is 4.68. The van der Waals surface area contributed by atoms with Gasteiger partial charge in [0.25, 0.3) is 0 Å². The number of nitrogens with two attached hydrogens (primary N) is 1. The van der Waals surface area contributed by atoms with Gasteiger partial charge in [-0.05, 0) is 18.6 Å². The third-order valence-electron chi connectivity index (χ3n) is 3.07. The quantitative estimate of drug-likeness (QED) is 0.848. The van der Waals surface area contributed by atoms with Gasteiger partial charge in [-0.1, -0.05) is 12.1 Å². The molecule has 20 heavy (non-hydrogen) atoms. The van der Waals surface area contributed by atoms with Crippen molar-refractivity contribution in [3.63, 3.8) is 0 Å². The van der Waals surface area contributed by atoms with E-state index in [0.29, 0.717) is 12.2 Å². The summed E-state index contributed by atoms with van der Waals surface area (Å²) in [5.74, 6) is 0.677. The highest BCUT2D eigenvalue weighted by atomic mass is 16.3. The van der Waals surface area contributed by atoms with Crippen molar-refractivity contribution in [3.05, 3.63) is 36.0 Å². The molecule has 0 bridgehead atoms. The van der Waals surface area contributed by atoms with Crippen LogP contribution in [0.5, 0.6) is 0 Å². The normalized spacial score (nSPS) is 12.3. The molecule has 108 valence electrons. The first kappa shape index (κ1) is 14.3. The van der Waals surface area contributed by atoms with Crippen molar-refractivity contribution in [2.24, 2.45) is 5.73 Å². The summed E-state index contributed by atoms with van der Waals surface area (Å²) in [6, 6.07) is 3.49. The third kappa shape index (κ3) is 3.45. The maximum Gasteiger partial charge on any atom is 0.244 e. The topological polar surface area (TPSA) is 90.2 Å². The van der Waals surface area contributed by atoms with Crippen LogP contribution >= 0.6 is 0 Å². The van der Waals surface area contributed by atoms with E-state index < -0.39 is 0 Å². The van der Waals surface area contributed by atoms with Gasteiger partial charge in [0.05, 0.1) is 30.7 Å². The molecule has 0 aliphatic carbocycles. The Balaban J connectivity index is 1.92. The highest BCUT2D eigenvalue weighted by Gasteiger charge is 2.14. The van der Waals surface area contributed by atoms with Gasteiger partial charge in [0.1, 0.15) is 12.3 Å². The molecule has 0 radical (unpaired) electrons. The second kappa shape index (κ2) is 6.33. The van der Waals surface area contributed by atoms with Crippen molar-refractivity contribution in [3.8, 4) is 0 Å². The Bertz CT molecular complexity index is 549. The molecule has 1 atom stereocenters. The molecule has 0 aliphatic heterocycles. The average Bonchev–Trinajstić information content (AvgIpc) is 3.09. The molecule has 0 saturated heterocycles. The number of hydrogen-bond acceptors (Lipinski definition) is 5. The summed E-state index contributed by atoms with van der Waals surface area (Å²) in [7, 11) is 1.72. The standard InChI is InChI=1S/C13H19N5O2/c1-3-11(14)12-8-18(16-15-12)9-13(19)17(2)7-10-5-4-6-20-10/h4-6,8,11H,3,7,9,14H2,1-2H3. The van der Waals surface area contributed by atoms with E-state index in [1.807, 2.05) is 13.0 Å². The Kier molecular flexibility index (Phi) is 4.52. The number of rotatable bonds is 6. The average molecular weight is 277 g/mol. The molecule has 0 aliphatic rings.